The van der Waals surface area contributed by atoms with Gasteiger partial charge in [0.15, 0.2) is 0 Å². The van der Waals surface area contributed by atoms with Crippen LogP contribution in [0.5, 0.6) is 0 Å². The molecule has 4 unspecified atom stereocenters. The number of aromatic nitrogens is 1. The molecule has 4 atom stereocenters. The Kier molecular flexibility index (Phi) is 3.59. The van der Waals surface area contributed by atoms with Crippen LogP contribution in [-0.2, 0) is 0 Å². The third-order valence-corrected chi connectivity index (χ3v) is 4.06. The smallest absolute Gasteiger partial charge is 0.0570 e. The first-order valence-electron chi connectivity index (χ1n) is 6.35. The van der Waals surface area contributed by atoms with Crippen LogP contribution in [0.1, 0.15) is 45.3 Å². The van der Waals surface area contributed by atoms with E-state index in [0.717, 1.165) is 17.5 Å². The lowest BCUT2D eigenvalue weighted by atomic mass is 9.97. The molecule has 0 spiro atoms. The van der Waals surface area contributed by atoms with Crippen LogP contribution < -0.4 is 5.32 Å². The first-order chi connectivity index (χ1) is 7.68. The molecule has 16 heavy (non-hydrogen) atoms. The maximum absolute atomic E-state index is 4.40. The highest BCUT2D eigenvalue weighted by Gasteiger charge is 2.30. The molecule has 0 aromatic carbocycles. The van der Waals surface area contributed by atoms with Gasteiger partial charge in [0.2, 0.25) is 0 Å². The molecule has 2 heteroatoms. The van der Waals surface area contributed by atoms with Crippen LogP contribution in [0.4, 0.5) is 0 Å². The second-order valence-corrected chi connectivity index (χ2v) is 5.16. The molecular formula is C14H22N2. The Bertz CT molecular complexity index is 323. The summed E-state index contributed by atoms with van der Waals surface area (Å²) < 4.78 is 0. The number of pyridine rings is 1. The molecule has 0 radical (unpaired) electrons. The standard InChI is InChI=1S/C14H22N2/c1-10-7-8-13(11(10)2)16-12(3)14-6-4-5-9-15-14/h4-6,9-13,16H,7-8H2,1-3H3. The van der Waals surface area contributed by atoms with Gasteiger partial charge in [0.1, 0.15) is 0 Å². The van der Waals surface area contributed by atoms with Crippen LogP contribution in [0, 0.1) is 11.8 Å². The molecule has 2 rings (SSSR count). The minimum absolute atomic E-state index is 0.360. The highest BCUT2D eigenvalue weighted by molar-refractivity contribution is 5.08. The highest BCUT2D eigenvalue weighted by atomic mass is 15.0. The van der Waals surface area contributed by atoms with Crippen LogP contribution in [0.25, 0.3) is 0 Å². The normalized spacial score (nSPS) is 31.6. The molecule has 1 aliphatic rings. The van der Waals surface area contributed by atoms with Gasteiger partial charge in [-0.05, 0) is 43.7 Å². The van der Waals surface area contributed by atoms with E-state index in [9.17, 15) is 0 Å². The van der Waals surface area contributed by atoms with Gasteiger partial charge in [-0.25, -0.2) is 0 Å². The third-order valence-electron chi connectivity index (χ3n) is 4.06. The van der Waals surface area contributed by atoms with Gasteiger partial charge in [-0.3, -0.25) is 4.98 Å². The van der Waals surface area contributed by atoms with Gasteiger partial charge < -0.3 is 5.32 Å². The third kappa shape index (κ3) is 2.43. The highest BCUT2D eigenvalue weighted by Crippen LogP contribution is 2.32. The summed E-state index contributed by atoms with van der Waals surface area (Å²) in [4.78, 5) is 4.40. The largest absolute Gasteiger partial charge is 0.306 e. The predicted octanol–water partition coefficient (Wildman–Crippen LogP) is 3.17. The number of nitrogens with one attached hydrogen (secondary N) is 1. The maximum Gasteiger partial charge on any atom is 0.0570 e. The van der Waals surface area contributed by atoms with E-state index in [4.69, 9.17) is 0 Å². The Morgan fingerprint density at radius 3 is 2.69 bits per heavy atom. The fraction of sp³-hybridized carbons (Fsp3) is 0.643. The topological polar surface area (TPSA) is 24.9 Å². The van der Waals surface area contributed by atoms with Crippen LogP contribution >= 0.6 is 0 Å². The molecule has 88 valence electrons. The summed E-state index contributed by atoms with van der Waals surface area (Å²) in [6.45, 7) is 6.93. The molecule has 1 aliphatic carbocycles. The first-order valence-corrected chi connectivity index (χ1v) is 6.35. The Labute approximate surface area is 98.5 Å². The lowest BCUT2D eigenvalue weighted by Crippen LogP contribution is -2.34. The van der Waals surface area contributed by atoms with Gasteiger partial charge in [-0.2, -0.15) is 0 Å². The van der Waals surface area contributed by atoms with E-state index in [1.807, 2.05) is 12.3 Å². The summed E-state index contributed by atoms with van der Waals surface area (Å²) in [5.74, 6) is 1.64. The van der Waals surface area contributed by atoms with E-state index in [1.165, 1.54) is 12.8 Å². The molecule has 0 saturated heterocycles. The van der Waals surface area contributed by atoms with E-state index in [1.54, 1.807) is 0 Å². The van der Waals surface area contributed by atoms with Crippen molar-refractivity contribution in [2.24, 2.45) is 11.8 Å². The number of rotatable bonds is 3. The zero-order chi connectivity index (χ0) is 11.5. The fourth-order valence-electron chi connectivity index (χ4n) is 2.64. The zero-order valence-electron chi connectivity index (χ0n) is 10.5. The van der Waals surface area contributed by atoms with Gasteiger partial charge >= 0.3 is 0 Å². The lowest BCUT2D eigenvalue weighted by molar-refractivity contribution is 0.345. The van der Waals surface area contributed by atoms with Gasteiger partial charge in [-0.15, -0.1) is 0 Å². The van der Waals surface area contributed by atoms with E-state index < -0.39 is 0 Å². The summed E-state index contributed by atoms with van der Waals surface area (Å²) in [6.07, 6.45) is 4.53. The van der Waals surface area contributed by atoms with Gasteiger partial charge in [-0.1, -0.05) is 19.9 Å². The summed E-state index contributed by atoms with van der Waals surface area (Å²) >= 11 is 0. The van der Waals surface area contributed by atoms with Crippen molar-refractivity contribution in [1.82, 2.24) is 10.3 Å². The Morgan fingerprint density at radius 1 is 1.31 bits per heavy atom. The molecule has 0 bridgehead atoms. The molecule has 2 nitrogen and oxygen atoms in total. The van der Waals surface area contributed by atoms with E-state index in [0.29, 0.717) is 12.1 Å². The predicted molar refractivity (Wildman–Crippen MR) is 67.1 cm³/mol. The first kappa shape index (κ1) is 11.6. The van der Waals surface area contributed by atoms with E-state index >= 15 is 0 Å². The molecule has 1 aromatic heterocycles. The monoisotopic (exact) mass is 218 g/mol. The molecule has 1 heterocycles. The Balaban J connectivity index is 1.95. The quantitative estimate of drug-likeness (QED) is 0.843. The van der Waals surface area contributed by atoms with Crippen molar-refractivity contribution in [3.05, 3.63) is 30.1 Å². The lowest BCUT2D eigenvalue weighted by Gasteiger charge is -2.23. The van der Waals surface area contributed by atoms with Crippen molar-refractivity contribution in [2.45, 2.75) is 45.7 Å². The molecule has 1 fully saturated rings. The van der Waals surface area contributed by atoms with Gasteiger partial charge in [0.05, 0.1) is 5.69 Å². The second kappa shape index (κ2) is 4.96. The fourth-order valence-corrected chi connectivity index (χ4v) is 2.64. The van der Waals surface area contributed by atoms with Crippen LogP contribution in [0.2, 0.25) is 0 Å². The van der Waals surface area contributed by atoms with E-state index in [-0.39, 0.29) is 0 Å². The molecule has 1 aromatic rings. The summed E-state index contributed by atoms with van der Waals surface area (Å²) in [7, 11) is 0. The minimum atomic E-state index is 0.360. The maximum atomic E-state index is 4.40. The van der Waals surface area contributed by atoms with Crippen molar-refractivity contribution >= 4 is 0 Å². The molecule has 0 aliphatic heterocycles. The van der Waals surface area contributed by atoms with Gasteiger partial charge in [0.25, 0.3) is 0 Å². The summed E-state index contributed by atoms with van der Waals surface area (Å²) in [6, 6.07) is 7.14. The summed E-state index contributed by atoms with van der Waals surface area (Å²) in [5.41, 5.74) is 1.15. The van der Waals surface area contributed by atoms with Crippen LogP contribution in [-0.4, -0.2) is 11.0 Å². The number of hydrogen-bond donors (Lipinski definition) is 1. The number of nitrogens with zero attached hydrogens (tertiary/aromatic N) is 1. The minimum Gasteiger partial charge on any atom is -0.306 e. The van der Waals surface area contributed by atoms with Crippen LogP contribution in [0.3, 0.4) is 0 Å². The van der Waals surface area contributed by atoms with Crippen molar-refractivity contribution < 1.29 is 0 Å². The zero-order valence-corrected chi connectivity index (χ0v) is 10.5. The van der Waals surface area contributed by atoms with Crippen molar-refractivity contribution in [2.75, 3.05) is 0 Å². The molecular weight excluding hydrogens is 196 g/mol. The SMILES string of the molecule is CC(NC1CCC(C)C1C)c1ccccn1. The van der Waals surface area contributed by atoms with Crippen molar-refractivity contribution in [3.8, 4) is 0 Å². The van der Waals surface area contributed by atoms with E-state index in [2.05, 4.69) is 43.2 Å². The average molecular weight is 218 g/mol. The number of hydrogen-bond acceptors (Lipinski definition) is 2. The average Bonchev–Trinajstić information content (AvgIpc) is 2.62. The Hall–Kier alpha value is -0.890. The van der Waals surface area contributed by atoms with Gasteiger partial charge in [0, 0.05) is 18.3 Å². The molecule has 1 N–H and O–H groups in total. The summed E-state index contributed by atoms with van der Waals surface area (Å²) in [5, 5.41) is 3.71. The van der Waals surface area contributed by atoms with Crippen molar-refractivity contribution in [3.63, 3.8) is 0 Å². The molecule has 1 saturated carbocycles. The second-order valence-electron chi connectivity index (χ2n) is 5.16. The van der Waals surface area contributed by atoms with Crippen molar-refractivity contribution in [1.29, 1.82) is 0 Å². The Morgan fingerprint density at radius 2 is 2.12 bits per heavy atom. The van der Waals surface area contributed by atoms with Crippen LogP contribution in [0.15, 0.2) is 24.4 Å². The molecule has 0 amide bonds.